The zero-order chi connectivity index (χ0) is 23.1. The molecule has 4 rings (SSSR count). The summed E-state index contributed by atoms with van der Waals surface area (Å²) in [6.45, 7) is 2.07. The Morgan fingerprint density at radius 1 is 0.758 bits per heavy atom. The number of carbonyl (C=O) groups is 1. The van der Waals surface area contributed by atoms with Crippen LogP contribution in [0.25, 0.3) is 0 Å². The van der Waals surface area contributed by atoms with Crippen LogP contribution in [0.15, 0.2) is 109 Å². The molecule has 0 saturated heterocycles. The van der Waals surface area contributed by atoms with Crippen LogP contribution in [0, 0.1) is 6.92 Å². The van der Waals surface area contributed by atoms with Gasteiger partial charge in [0.1, 0.15) is 0 Å². The average Bonchev–Trinajstić information content (AvgIpc) is 2.88. The van der Waals surface area contributed by atoms with Crippen LogP contribution in [-0.4, -0.2) is 26.1 Å². The second kappa shape index (κ2) is 10.7. The zero-order valence-corrected chi connectivity index (χ0v) is 20.8. The van der Waals surface area contributed by atoms with Gasteiger partial charge in [-0.05, 0) is 57.9 Å². The van der Waals surface area contributed by atoms with Gasteiger partial charge < -0.3 is 4.74 Å². The number of esters is 1. The van der Waals surface area contributed by atoms with E-state index in [0.29, 0.717) is 5.56 Å². The molecule has 0 bridgehead atoms. The van der Waals surface area contributed by atoms with Crippen LogP contribution in [0.5, 0.6) is 0 Å². The molecule has 0 aliphatic rings. The average molecular weight is 469 g/mol. The van der Waals surface area contributed by atoms with Gasteiger partial charge in [-0.15, -0.1) is 0 Å². The fourth-order valence-corrected chi connectivity index (χ4v) is 12.4. The molecule has 0 heterocycles. The van der Waals surface area contributed by atoms with E-state index in [-0.39, 0.29) is 5.97 Å². The normalized spacial score (nSPS) is 11.2. The number of hydrogen-bond donors (Lipinski definition) is 0. The lowest BCUT2D eigenvalue weighted by Crippen LogP contribution is -2.65. The molecule has 0 fully saturated rings. The quantitative estimate of drug-likeness (QED) is 0.213. The molecule has 2 nitrogen and oxygen atoms in total. The lowest BCUT2D eigenvalue weighted by Gasteiger charge is -2.33. The number of aryl methyl sites for hydroxylation is 2. The Kier molecular flexibility index (Phi) is 7.48. The van der Waals surface area contributed by atoms with Crippen molar-refractivity contribution < 1.29 is 9.53 Å². The first kappa shape index (κ1) is 23.1. The third-order valence-corrected chi connectivity index (χ3v) is 14.3. The van der Waals surface area contributed by atoms with E-state index < -0.39 is 7.22 Å². The summed E-state index contributed by atoms with van der Waals surface area (Å²) in [5.74, 6) is 0.700. The molecule has 0 radical (unpaired) electrons. The van der Waals surface area contributed by atoms with Crippen LogP contribution < -0.4 is 15.6 Å². The number of methoxy groups -OCH3 is 1. The third-order valence-electron chi connectivity index (χ3n) is 5.99. The van der Waals surface area contributed by atoms with Crippen LogP contribution in [0.2, 0.25) is 0 Å². The maximum Gasteiger partial charge on any atom is 0.337 e. The van der Waals surface area contributed by atoms with Gasteiger partial charge in [0.2, 0.25) is 7.22 Å². The molecule has 0 N–H and O–H groups in total. The van der Waals surface area contributed by atoms with E-state index >= 15 is 0 Å². The fourth-order valence-electron chi connectivity index (χ4n) is 4.30. The van der Waals surface area contributed by atoms with E-state index in [9.17, 15) is 4.79 Å². The highest BCUT2D eigenvalue weighted by Gasteiger charge is 2.39. The van der Waals surface area contributed by atoms with Gasteiger partial charge in [0.15, 0.2) is 0 Å². The van der Waals surface area contributed by atoms with Crippen molar-refractivity contribution in [3.8, 4) is 0 Å². The third kappa shape index (κ3) is 4.97. The first-order valence-corrected chi connectivity index (χ1v) is 14.8. The van der Waals surface area contributed by atoms with Crippen LogP contribution in [0.3, 0.4) is 0 Å². The van der Waals surface area contributed by atoms with Gasteiger partial charge >= 0.3 is 5.97 Å². The molecule has 0 aromatic heterocycles. The molecule has 166 valence electrons. The van der Waals surface area contributed by atoms with Gasteiger partial charge in [0, 0.05) is 0 Å². The van der Waals surface area contributed by atoms with E-state index in [1.54, 1.807) is 0 Å². The highest BCUT2D eigenvalue weighted by atomic mass is 32.4. The van der Waals surface area contributed by atoms with Crippen LogP contribution >= 0.6 is 11.2 Å². The Labute approximate surface area is 201 Å². The summed E-state index contributed by atoms with van der Waals surface area (Å²) in [6.07, 6.45) is 0.944. The first-order chi connectivity index (χ1) is 16.1. The lowest BCUT2D eigenvalue weighted by molar-refractivity contribution is 0.0600. The maximum absolute atomic E-state index is 11.9. The molecule has 0 saturated carbocycles. The van der Waals surface area contributed by atoms with Crippen molar-refractivity contribution in [1.82, 2.24) is 0 Å². The smallest absolute Gasteiger partial charge is 0.337 e. The minimum atomic E-state index is -2.29. The first-order valence-electron chi connectivity index (χ1n) is 11.1. The molecule has 4 aromatic carbocycles. The molecule has 33 heavy (non-hydrogen) atoms. The van der Waals surface area contributed by atoms with Gasteiger partial charge in [-0.3, -0.25) is 0 Å². The van der Waals surface area contributed by atoms with Gasteiger partial charge in [0.25, 0.3) is 0 Å². The van der Waals surface area contributed by atoms with Crippen molar-refractivity contribution in [1.29, 1.82) is 0 Å². The standard InChI is InChI=1S/C29H28O2SSi/c1-23-22-25(29(30)31-2)19-18-24(23)20-21-32-33(26-12-6-3-7-13-26,27-14-8-4-9-15-27)28-16-10-5-11-17-28/h3-19,22H,20-21H2,1-2H3. The number of benzene rings is 4. The summed E-state index contributed by atoms with van der Waals surface area (Å²) in [5.41, 5.74) is 3.00. The van der Waals surface area contributed by atoms with Gasteiger partial charge in [-0.2, -0.15) is 11.2 Å². The predicted molar refractivity (Wildman–Crippen MR) is 143 cm³/mol. The highest BCUT2D eigenvalue weighted by molar-refractivity contribution is 8.33. The largest absolute Gasteiger partial charge is 0.465 e. The maximum atomic E-state index is 11.9. The van der Waals surface area contributed by atoms with Crippen molar-refractivity contribution in [2.45, 2.75) is 13.3 Å². The molecule has 4 heteroatoms. The minimum Gasteiger partial charge on any atom is -0.465 e. The number of rotatable bonds is 8. The monoisotopic (exact) mass is 468 g/mol. The molecule has 0 unspecified atom stereocenters. The second-order valence-electron chi connectivity index (χ2n) is 8.01. The van der Waals surface area contributed by atoms with E-state index in [2.05, 4.69) is 115 Å². The number of ether oxygens (including phenoxy) is 1. The molecule has 4 aromatic rings. The second-order valence-corrected chi connectivity index (χ2v) is 14.5. The van der Waals surface area contributed by atoms with E-state index in [1.807, 2.05) is 12.1 Å². The van der Waals surface area contributed by atoms with Gasteiger partial charge in [0.05, 0.1) is 12.7 Å². The van der Waals surface area contributed by atoms with Crippen molar-refractivity contribution >= 4 is 40.0 Å². The number of hydrogen-bond acceptors (Lipinski definition) is 3. The Balaban J connectivity index is 1.70. The fraction of sp³-hybridized carbons (Fsp3) is 0.138. The predicted octanol–water partition coefficient (Wildman–Crippen LogP) is 4.72. The van der Waals surface area contributed by atoms with Crippen LogP contribution in [-0.2, 0) is 11.2 Å². The van der Waals surface area contributed by atoms with Crippen LogP contribution in [0.1, 0.15) is 21.5 Å². The molecule has 0 spiro atoms. The Bertz CT molecular complexity index is 1100. The Hall–Kier alpha value is -3.08. The summed E-state index contributed by atoms with van der Waals surface area (Å²) >= 11 is 2.09. The lowest BCUT2D eigenvalue weighted by atomic mass is 10.0. The SMILES string of the molecule is COC(=O)c1ccc(CCS[Si](c2ccccc2)(c2ccccc2)c2ccccc2)c(C)c1. The van der Waals surface area contributed by atoms with E-state index in [4.69, 9.17) is 4.74 Å². The Morgan fingerprint density at radius 2 is 1.24 bits per heavy atom. The molecular formula is C29H28O2SSi. The summed E-state index contributed by atoms with van der Waals surface area (Å²) in [6, 6.07) is 38.8. The summed E-state index contributed by atoms with van der Waals surface area (Å²) in [5, 5.41) is 4.22. The van der Waals surface area contributed by atoms with Gasteiger partial charge in [-0.25, -0.2) is 4.79 Å². The number of carbonyl (C=O) groups excluding carboxylic acids is 1. The van der Waals surface area contributed by atoms with E-state index in [1.165, 1.54) is 28.2 Å². The minimum absolute atomic E-state index is 0.289. The summed E-state index contributed by atoms with van der Waals surface area (Å²) < 4.78 is 4.87. The molecule has 0 amide bonds. The van der Waals surface area contributed by atoms with Crippen molar-refractivity contribution in [2.24, 2.45) is 0 Å². The molecule has 0 atom stereocenters. The molecule has 0 aliphatic carbocycles. The van der Waals surface area contributed by atoms with Crippen molar-refractivity contribution in [2.75, 3.05) is 12.9 Å². The Morgan fingerprint density at radius 3 is 1.67 bits per heavy atom. The highest BCUT2D eigenvalue weighted by Crippen LogP contribution is 2.24. The summed E-state index contributed by atoms with van der Waals surface area (Å²) in [7, 11) is -0.867. The molecular weight excluding hydrogens is 440 g/mol. The van der Waals surface area contributed by atoms with Crippen molar-refractivity contribution in [3.63, 3.8) is 0 Å². The topological polar surface area (TPSA) is 26.3 Å². The summed E-state index contributed by atoms with van der Waals surface area (Å²) in [4.78, 5) is 11.9. The zero-order valence-electron chi connectivity index (χ0n) is 19.0. The molecule has 0 aliphatic heterocycles. The van der Waals surface area contributed by atoms with Crippen LogP contribution in [0.4, 0.5) is 0 Å². The van der Waals surface area contributed by atoms with Crippen molar-refractivity contribution in [3.05, 3.63) is 126 Å². The van der Waals surface area contributed by atoms with E-state index in [0.717, 1.165) is 17.7 Å². The van der Waals surface area contributed by atoms with Gasteiger partial charge in [-0.1, -0.05) is 97.1 Å².